The van der Waals surface area contributed by atoms with E-state index < -0.39 is 0 Å². The molecule has 0 saturated carbocycles. The van der Waals surface area contributed by atoms with E-state index in [1.807, 2.05) is 0 Å². The normalized spacial score (nSPS) is 10.4. The van der Waals surface area contributed by atoms with E-state index in [2.05, 4.69) is 25.4 Å². The number of anilines is 1. The Labute approximate surface area is 97.1 Å². The van der Waals surface area contributed by atoms with Crippen molar-refractivity contribution in [1.29, 1.82) is 0 Å². The Morgan fingerprint density at radius 2 is 2.12 bits per heavy atom. The zero-order valence-corrected chi connectivity index (χ0v) is 9.40. The van der Waals surface area contributed by atoms with Gasteiger partial charge in [-0.25, -0.2) is 9.97 Å². The second kappa shape index (κ2) is 4.89. The minimum atomic E-state index is 0.513. The van der Waals surface area contributed by atoms with Crippen LogP contribution in [0.15, 0.2) is 16.9 Å². The number of hydrogen-bond donors (Lipinski definition) is 1. The van der Waals surface area contributed by atoms with Crippen molar-refractivity contribution in [3.63, 3.8) is 0 Å². The Balaban J connectivity index is 1.82. The van der Waals surface area contributed by atoms with Crippen LogP contribution < -0.4 is 5.32 Å². The van der Waals surface area contributed by atoms with E-state index in [0.29, 0.717) is 35.7 Å². The molecular formula is C9H10ClN5O. The van der Waals surface area contributed by atoms with Crippen molar-refractivity contribution in [3.05, 3.63) is 29.1 Å². The van der Waals surface area contributed by atoms with E-state index in [1.54, 1.807) is 6.92 Å². The molecule has 1 N–H and O–H groups in total. The Morgan fingerprint density at radius 1 is 1.38 bits per heavy atom. The topological polar surface area (TPSA) is 76.7 Å². The average Bonchev–Trinajstić information content (AvgIpc) is 2.67. The number of aromatic nitrogens is 4. The summed E-state index contributed by atoms with van der Waals surface area (Å²) in [5.74, 6) is 1.77. The highest BCUT2D eigenvalue weighted by atomic mass is 35.5. The van der Waals surface area contributed by atoms with Crippen LogP contribution in [0.25, 0.3) is 0 Å². The molecule has 2 aromatic rings. The Hall–Kier alpha value is -1.69. The number of rotatable bonds is 4. The van der Waals surface area contributed by atoms with Gasteiger partial charge in [-0.05, 0) is 0 Å². The Morgan fingerprint density at radius 3 is 2.75 bits per heavy atom. The summed E-state index contributed by atoms with van der Waals surface area (Å²) in [6.07, 6.45) is 3.73. The fourth-order valence-corrected chi connectivity index (χ4v) is 1.23. The summed E-state index contributed by atoms with van der Waals surface area (Å²) in [5, 5.41) is 7.31. The standard InChI is InChI=1S/C9H10ClN5O/c1-6-14-8(15-16-6)2-3-11-9-12-4-7(10)5-13-9/h4-5H,2-3H2,1H3,(H,11,12,13). The second-order valence-corrected chi connectivity index (χ2v) is 3.57. The van der Waals surface area contributed by atoms with Crippen LogP contribution in [-0.4, -0.2) is 26.7 Å². The summed E-state index contributed by atoms with van der Waals surface area (Å²) < 4.78 is 4.85. The molecule has 0 aromatic carbocycles. The van der Waals surface area contributed by atoms with Gasteiger partial charge in [0.15, 0.2) is 5.82 Å². The summed E-state index contributed by atoms with van der Waals surface area (Å²) in [4.78, 5) is 12.1. The van der Waals surface area contributed by atoms with Gasteiger partial charge in [-0.15, -0.1) is 0 Å². The predicted octanol–water partition coefficient (Wildman–Crippen LogP) is 1.48. The molecule has 0 fully saturated rings. The fourth-order valence-electron chi connectivity index (χ4n) is 1.13. The van der Waals surface area contributed by atoms with Crippen molar-refractivity contribution >= 4 is 17.5 Å². The molecule has 0 atom stereocenters. The summed E-state index contributed by atoms with van der Waals surface area (Å²) >= 11 is 5.66. The summed E-state index contributed by atoms with van der Waals surface area (Å²) in [6, 6.07) is 0. The van der Waals surface area contributed by atoms with Gasteiger partial charge in [-0.3, -0.25) is 0 Å². The highest BCUT2D eigenvalue weighted by molar-refractivity contribution is 6.30. The van der Waals surface area contributed by atoms with Crippen molar-refractivity contribution < 1.29 is 4.52 Å². The van der Waals surface area contributed by atoms with Gasteiger partial charge in [-0.2, -0.15) is 4.98 Å². The maximum absolute atomic E-state index is 5.66. The molecule has 2 heterocycles. The predicted molar refractivity (Wildman–Crippen MR) is 58.3 cm³/mol. The van der Waals surface area contributed by atoms with Crippen molar-refractivity contribution in [2.45, 2.75) is 13.3 Å². The van der Waals surface area contributed by atoms with Crippen molar-refractivity contribution in [3.8, 4) is 0 Å². The van der Waals surface area contributed by atoms with Crippen LogP contribution in [0.3, 0.4) is 0 Å². The third kappa shape index (κ3) is 2.90. The van der Waals surface area contributed by atoms with Crippen LogP contribution >= 0.6 is 11.6 Å². The summed E-state index contributed by atoms with van der Waals surface area (Å²) in [5.41, 5.74) is 0. The van der Waals surface area contributed by atoms with Gasteiger partial charge < -0.3 is 9.84 Å². The molecule has 0 aliphatic heterocycles. The molecule has 0 aliphatic carbocycles. The molecule has 0 bridgehead atoms. The van der Waals surface area contributed by atoms with Gasteiger partial charge in [0.05, 0.1) is 17.4 Å². The first kappa shape index (κ1) is 10.8. The highest BCUT2D eigenvalue weighted by Gasteiger charge is 2.02. The molecule has 0 spiro atoms. The number of hydrogen-bond acceptors (Lipinski definition) is 6. The van der Waals surface area contributed by atoms with Crippen LogP contribution in [0, 0.1) is 6.92 Å². The first-order chi connectivity index (χ1) is 7.74. The van der Waals surface area contributed by atoms with Gasteiger partial charge in [0.1, 0.15) is 0 Å². The third-order valence-corrected chi connectivity index (χ3v) is 2.02. The van der Waals surface area contributed by atoms with Crippen molar-refractivity contribution in [2.24, 2.45) is 0 Å². The van der Waals surface area contributed by atoms with Crippen molar-refractivity contribution in [1.82, 2.24) is 20.1 Å². The minimum absolute atomic E-state index is 0.513. The lowest BCUT2D eigenvalue weighted by atomic mass is 10.4. The van der Waals surface area contributed by atoms with Gasteiger partial charge in [-0.1, -0.05) is 16.8 Å². The van der Waals surface area contributed by atoms with Gasteiger partial charge >= 0.3 is 0 Å². The molecule has 0 unspecified atom stereocenters. The van der Waals surface area contributed by atoms with Gasteiger partial charge in [0, 0.05) is 19.9 Å². The smallest absolute Gasteiger partial charge is 0.223 e. The molecule has 0 amide bonds. The maximum atomic E-state index is 5.66. The van der Waals surface area contributed by atoms with E-state index in [0.717, 1.165) is 0 Å². The molecule has 7 heteroatoms. The molecule has 2 aromatic heterocycles. The molecule has 2 rings (SSSR count). The number of aryl methyl sites for hydroxylation is 1. The number of halogens is 1. The highest BCUT2D eigenvalue weighted by Crippen LogP contribution is 2.05. The first-order valence-corrected chi connectivity index (χ1v) is 5.12. The fraction of sp³-hybridized carbons (Fsp3) is 0.333. The van der Waals surface area contributed by atoms with Crippen LogP contribution in [0.5, 0.6) is 0 Å². The molecule has 16 heavy (non-hydrogen) atoms. The zero-order chi connectivity index (χ0) is 11.4. The van der Waals surface area contributed by atoms with E-state index >= 15 is 0 Å². The van der Waals surface area contributed by atoms with Crippen LogP contribution in [0.4, 0.5) is 5.95 Å². The Bertz CT molecular complexity index is 455. The van der Waals surface area contributed by atoms with E-state index in [9.17, 15) is 0 Å². The zero-order valence-electron chi connectivity index (χ0n) is 8.64. The monoisotopic (exact) mass is 239 g/mol. The Kier molecular flexibility index (Phi) is 3.31. The lowest BCUT2D eigenvalue weighted by Gasteiger charge is -2.01. The molecular weight excluding hydrogens is 230 g/mol. The van der Waals surface area contributed by atoms with Crippen LogP contribution in [0.2, 0.25) is 5.02 Å². The third-order valence-electron chi connectivity index (χ3n) is 1.82. The van der Waals surface area contributed by atoms with Gasteiger partial charge in [0.25, 0.3) is 0 Å². The SMILES string of the molecule is Cc1nc(CCNc2ncc(Cl)cn2)no1. The lowest BCUT2D eigenvalue weighted by Crippen LogP contribution is -2.08. The number of nitrogens with one attached hydrogen (secondary N) is 1. The molecule has 0 aliphatic rings. The molecule has 84 valence electrons. The second-order valence-electron chi connectivity index (χ2n) is 3.13. The molecule has 6 nitrogen and oxygen atoms in total. The van der Waals surface area contributed by atoms with Crippen molar-refractivity contribution in [2.75, 3.05) is 11.9 Å². The maximum Gasteiger partial charge on any atom is 0.223 e. The van der Waals surface area contributed by atoms with Gasteiger partial charge in [0.2, 0.25) is 11.8 Å². The molecule has 0 saturated heterocycles. The largest absolute Gasteiger partial charge is 0.354 e. The van der Waals surface area contributed by atoms with E-state index in [4.69, 9.17) is 16.1 Å². The van der Waals surface area contributed by atoms with E-state index in [1.165, 1.54) is 12.4 Å². The lowest BCUT2D eigenvalue weighted by molar-refractivity contribution is 0.387. The van der Waals surface area contributed by atoms with Crippen LogP contribution in [0.1, 0.15) is 11.7 Å². The van der Waals surface area contributed by atoms with Crippen LogP contribution in [-0.2, 0) is 6.42 Å². The number of nitrogens with zero attached hydrogens (tertiary/aromatic N) is 4. The quantitative estimate of drug-likeness (QED) is 0.871. The average molecular weight is 240 g/mol. The summed E-state index contributed by atoms with van der Waals surface area (Å²) in [7, 11) is 0. The summed E-state index contributed by atoms with van der Waals surface area (Å²) in [6.45, 7) is 2.40. The van der Waals surface area contributed by atoms with E-state index in [-0.39, 0.29) is 0 Å². The first-order valence-electron chi connectivity index (χ1n) is 4.74. The molecule has 0 radical (unpaired) electrons. The minimum Gasteiger partial charge on any atom is -0.354 e.